The van der Waals surface area contributed by atoms with Gasteiger partial charge in [-0.2, -0.15) is 0 Å². The minimum Gasteiger partial charge on any atom is -0.545 e. The van der Waals surface area contributed by atoms with Crippen molar-refractivity contribution in [3.05, 3.63) is 35.4 Å². The first kappa shape index (κ1) is 38.6. The van der Waals surface area contributed by atoms with Gasteiger partial charge in [-0.25, -0.2) is 0 Å². The van der Waals surface area contributed by atoms with E-state index in [1.165, 1.54) is 164 Å². The molecule has 0 heterocycles. The van der Waals surface area contributed by atoms with Crippen LogP contribution in [0.5, 0.6) is 0 Å². The second kappa shape index (κ2) is 27.8. The molecule has 0 bridgehead atoms. The lowest BCUT2D eigenvalue weighted by molar-refractivity contribution is -0.888. The largest absolute Gasteiger partial charge is 0.545 e. The Morgan fingerprint density at radius 1 is 0.550 bits per heavy atom. The van der Waals surface area contributed by atoms with E-state index in [9.17, 15) is 9.90 Å². The maximum Gasteiger partial charge on any atom is 0.0782 e. The summed E-state index contributed by atoms with van der Waals surface area (Å²) in [4.78, 5) is 10.6. The number of unbranched alkanes of at least 4 members (excludes halogenated alkanes) is 20. The summed E-state index contributed by atoms with van der Waals surface area (Å²) in [6.07, 6.45) is 31.9. The molecule has 1 aromatic carbocycles. The minimum atomic E-state index is -1.10. The van der Waals surface area contributed by atoms with E-state index in [-0.39, 0.29) is 5.56 Å². The van der Waals surface area contributed by atoms with E-state index in [2.05, 4.69) is 34.9 Å². The number of rotatable bonds is 26. The van der Waals surface area contributed by atoms with Gasteiger partial charge in [0.2, 0.25) is 0 Å². The summed E-state index contributed by atoms with van der Waals surface area (Å²) < 4.78 is 1.19. The molecule has 0 saturated heterocycles. The number of carbonyl (C=O) groups excluding carboxylic acids is 1. The lowest BCUT2D eigenvalue weighted by atomic mass is 10.0. The number of hydrogen-bond donors (Lipinski definition) is 0. The number of carboxylic acids is 1. The van der Waals surface area contributed by atoms with Crippen molar-refractivity contribution in [2.75, 3.05) is 27.2 Å². The summed E-state index contributed by atoms with van der Waals surface area (Å²) in [6.45, 7) is 9.46. The first-order valence-electron chi connectivity index (χ1n) is 17.5. The molecule has 0 N–H and O–H groups in total. The molecule has 0 amide bonds. The molecule has 0 atom stereocenters. The van der Waals surface area contributed by atoms with E-state index in [4.69, 9.17) is 0 Å². The van der Waals surface area contributed by atoms with Crippen LogP contribution in [0.4, 0.5) is 0 Å². The highest BCUT2D eigenvalue weighted by Gasteiger charge is 2.09. The van der Waals surface area contributed by atoms with E-state index in [1.54, 1.807) is 12.1 Å². The van der Waals surface area contributed by atoms with Gasteiger partial charge in [0.15, 0.2) is 0 Å². The van der Waals surface area contributed by atoms with E-state index >= 15 is 0 Å². The fourth-order valence-corrected chi connectivity index (χ4v) is 5.16. The van der Waals surface area contributed by atoms with Gasteiger partial charge in [-0.05, 0) is 43.7 Å². The number of carboxylic acid groups (broad SMARTS) is 1. The Labute approximate surface area is 251 Å². The zero-order chi connectivity index (χ0) is 29.7. The summed E-state index contributed by atoms with van der Waals surface area (Å²) in [5, 5.41) is 10.6. The number of benzene rings is 1. The van der Waals surface area contributed by atoms with Crippen molar-refractivity contribution < 1.29 is 14.4 Å². The molecule has 0 unspecified atom stereocenters. The molecule has 40 heavy (non-hydrogen) atoms. The molecule has 234 valence electrons. The fraction of sp³-hybridized carbons (Fsp3) is 0.811. The molecular weight excluding hydrogens is 490 g/mol. The van der Waals surface area contributed by atoms with Gasteiger partial charge in [0.1, 0.15) is 0 Å². The highest BCUT2D eigenvalue weighted by atomic mass is 16.4. The Kier molecular flexibility index (Phi) is 26.9. The van der Waals surface area contributed by atoms with Crippen molar-refractivity contribution in [3.63, 3.8) is 0 Å². The monoisotopic (exact) mass is 560 g/mol. The topological polar surface area (TPSA) is 40.1 Å². The number of quaternary nitrogens is 1. The third-order valence-corrected chi connectivity index (χ3v) is 8.48. The average molecular weight is 560 g/mol. The van der Waals surface area contributed by atoms with Gasteiger partial charge in [0.05, 0.1) is 33.2 Å². The fourth-order valence-electron chi connectivity index (χ4n) is 5.16. The summed E-state index contributed by atoms with van der Waals surface area (Å²) in [5.41, 5.74) is 1.49. The van der Waals surface area contributed by atoms with Gasteiger partial charge >= 0.3 is 0 Å². The van der Waals surface area contributed by atoms with Gasteiger partial charge < -0.3 is 14.4 Å². The molecule has 0 fully saturated rings. The van der Waals surface area contributed by atoms with Crippen molar-refractivity contribution in [1.82, 2.24) is 0 Å². The van der Waals surface area contributed by atoms with E-state index in [0.717, 1.165) is 6.42 Å². The highest BCUT2D eigenvalue weighted by molar-refractivity contribution is 5.85. The maximum atomic E-state index is 10.6. The van der Waals surface area contributed by atoms with Gasteiger partial charge in [0.25, 0.3) is 0 Å². The van der Waals surface area contributed by atoms with Crippen LogP contribution in [-0.4, -0.2) is 37.6 Å². The molecule has 0 aromatic heterocycles. The first-order chi connectivity index (χ1) is 19.4. The predicted octanol–water partition coefficient (Wildman–Crippen LogP) is 10.3. The van der Waals surface area contributed by atoms with Crippen LogP contribution in [0.15, 0.2) is 24.3 Å². The molecule has 0 aliphatic carbocycles. The van der Waals surface area contributed by atoms with Crippen LogP contribution >= 0.6 is 0 Å². The number of nitrogens with zero attached hydrogens (tertiary/aromatic N) is 1. The quantitative estimate of drug-likeness (QED) is 0.0836. The standard InChI is InChI=1S/C19H30O2.C18H40N/c1-2-3-4-5-6-7-8-9-10-11-12-17-13-15-18(16-14-17)19(20)21;1-5-7-8-9-10-11-12-13-14-15-16-17-18-19(3,4)6-2/h13-16H,2-12H2,1H3,(H,20,21);5-18H2,1-4H3/q;+1/p-1. The summed E-state index contributed by atoms with van der Waals surface area (Å²) >= 11 is 0. The van der Waals surface area contributed by atoms with Gasteiger partial charge in [-0.15, -0.1) is 0 Å². The second-order valence-corrected chi connectivity index (χ2v) is 12.8. The Morgan fingerprint density at radius 2 is 0.900 bits per heavy atom. The number of aryl methyl sites for hydroxylation is 1. The summed E-state index contributed by atoms with van der Waals surface area (Å²) in [7, 11) is 4.69. The summed E-state index contributed by atoms with van der Waals surface area (Å²) in [5.74, 6) is -1.10. The van der Waals surface area contributed by atoms with Crippen molar-refractivity contribution in [2.24, 2.45) is 0 Å². The lowest BCUT2D eigenvalue weighted by Gasteiger charge is -2.28. The highest BCUT2D eigenvalue weighted by Crippen LogP contribution is 2.14. The number of hydrogen-bond acceptors (Lipinski definition) is 2. The molecule has 0 radical (unpaired) electrons. The smallest absolute Gasteiger partial charge is 0.0782 e. The van der Waals surface area contributed by atoms with E-state index < -0.39 is 5.97 Å². The third kappa shape index (κ3) is 25.6. The molecule has 3 nitrogen and oxygen atoms in total. The zero-order valence-electron chi connectivity index (χ0n) is 27.8. The van der Waals surface area contributed by atoms with Crippen molar-refractivity contribution >= 4 is 5.97 Å². The normalized spacial score (nSPS) is 11.3. The van der Waals surface area contributed by atoms with Gasteiger partial charge in [-0.3, -0.25) is 0 Å². The van der Waals surface area contributed by atoms with Crippen LogP contribution in [0.1, 0.15) is 178 Å². The predicted molar refractivity (Wildman–Crippen MR) is 175 cm³/mol. The molecule has 0 aliphatic rings. The van der Waals surface area contributed by atoms with Crippen molar-refractivity contribution in [1.29, 1.82) is 0 Å². The molecule has 0 aliphatic heterocycles. The molecule has 3 heteroatoms. The first-order valence-corrected chi connectivity index (χ1v) is 17.5. The molecule has 1 rings (SSSR count). The number of aromatic carboxylic acids is 1. The van der Waals surface area contributed by atoms with Crippen LogP contribution in [0.25, 0.3) is 0 Å². The van der Waals surface area contributed by atoms with E-state index in [1.807, 2.05) is 12.1 Å². The average Bonchev–Trinajstić information content (AvgIpc) is 2.95. The van der Waals surface area contributed by atoms with Gasteiger partial charge in [0, 0.05) is 0 Å². The van der Waals surface area contributed by atoms with Gasteiger partial charge in [-0.1, -0.05) is 160 Å². The Balaban J connectivity index is 0.000000765. The van der Waals surface area contributed by atoms with Crippen LogP contribution < -0.4 is 5.11 Å². The van der Waals surface area contributed by atoms with Crippen LogP contribution in [0, 0.1) is 0 Å². The third-order valence-electron chi connectivity index (χ3n) is 8.48. The molecule has 1 aromatic rings. The SMILES string of the molecule is CCCCCCCCCCCCCC[N+](C)(C)CC.CCCCCCCCCCCCc1ccc(C(=O)[O-])cc1. The molecule has 0 spiro atoms. The van der Waals surface area contributed by atoms with Crippen molar-refractivity contribution in [2.45, 2.75) is 168 Å². The second-order valence-electron chi connectivity index (χ2n) is 12.8. The maximum absolute atomic E-state index is 10.6. The Hall–Kier alpha value is -1.35. The van der Waals surface area contributed by atoms with E-state index in [0.29, 0.717) is 0 Å². The van der Waals surface area contributed by atoms with Crippen LogP contribution in [-0.2, 0) is 6.42 Å². The Bertz CT molecular complexity index is 667. The van der Waals surface area contributed by atoms with Crippen LogP contribution in [0.3, 0.4) is 0 Å². The Morgan fingerprint density at radius 3 is 1.25 bits per heavy atom. The summed E-state index contributed by atoms with van der Waals surface area (Å²) in [6, 6.07) is 7.08. The minimum absolute atomic E-state index is 0.266. The molecular formula is C37H69NO2. The molecule has 0 saturated carbocycles. The van der Waals surface area contributed by atoms with Crippen molar-refractivity contribution in [3.8, 4) is 0 Å². The lowest BCUT2D eigenvalue weighted by Crippen LogP contribution is -2.39. The zero-order valence-corrected chi connectivity index (χ0v) is 27.8. The number of carbonyl (C=O) groups is 1. The van der Waals surface area contributed by atoms with Crippen LogP contribution in [0.2, 0.25) is 0 Å².